The molecule has 0 saturated carbocycles. The van der Waals surface area contributed by atoms with Crippen molar-refractivity contribution in [3.63, 3.8) is 0 Å². The first-order chi connectivity index (χ1) is 14.1. The summed E-state index contributed by atoms with van der Waals surface area (Å²) in [5.41, 5.74) is 4.95. The smallest absolute Gasteiger partial charge is 0.309 e. The molecule has 5 heteroatoms. The molecule has 1 aliphatic carbocycles. The summed E-state index contributed by atoms with van der Waals surface area (Å²) in [6.45, 7) is 2.43. The Morgan fingerprint density at radius 1 is 1.00 bits per heavy atom. The molecule has 1 atom stereocenters. The number of methoxy groups -OCH3 is 1. The molecule has 0 aliphatic heterocycles. The van der Waals surface area contributed by atoms with E-state index in [1.807, 2.05) is 31.2 Å². The molecule has 154 valence electrons. The molecule has 0 aromatic heterocycles. The topological polar surface area (TPSA) is 67.4 Å². The summed E-state index contributed by atoms with van der Waals surface area (Å²) in [4.78, 5) is 24.6. The molecule has 1 aliphatic rings. The quantitative estimate of drug-likeness (QED) is 0.707. The third-order valence-electron chi connectivity index (χ3n) is 5.55. The Bertz CT molecular complexity index is 846. The first-order valence-corrected chi connectivity index (χ1v) is 10.4. The van der Waals surface area contributed by atoms with Crippen LogP contribution in [0.15, 0.2) is 42.5 Å². The molecule has 0 radical (unpaired) electrons. The zero-order valence-electron chi connectivity index (χ0n) is 17.3. The number of benzene rings is 2. The molecule has 29 heavy (non-hydrogen) atoms. The predicted molar refractivity (Wildman–Crippen MR) is 114 cm³/mol. The van der Waals surface area contributed by atoms with E-state index in [-0.39, 0.29) is 6.04 Å². The first kappa shape index (κ1) is 20.9. The van der Waals surface area contributed by atoms with E-state index in [9.17, 15) is 9.59 Å². The number of amides is 2. The lowest BCUT2D eigenvalue weighted by Gasteiger charge is -2.21. The average molecular weight is 395 g/mol. The lowest BCUT2D eigenvalue weighted by molar-refractivity contribution is -0.139. The third kappa shape index (κ3) is 5.59. The van der Waals surface area contributed by atoms with Crippen LogP contribution < -0.4 is 15.4 Å². The third-order valence-corrected chi connectivity index (χ3v) is 5.55. The summed E-state index contributed by atoms with van der Waals surface area (Å²) in [7, 11) is 1.63. The molecule has 0 heterocycles. The number of carbonyl (C=O) groups is 2. The van der Waals surface area contributed by atoms with Crippen molar-refractivity contribution < 1.29 is 14.3 Å². The normalized spacial score (nSPS) is 13.9. The van der Waals surface area contributed by atoms with Gasteiger partial charge in [0.2, 0.25) is 0 Å². The number of hydrogen-bond donors (Lipinski definition) is 2. The highest BCUT2D eigenvalue weighted by atomic mass is 16.5. The zero-order chi connectivity index (χ0) is 20.6. The lowest BCUT2D eigenvalue weighted by atomic mass is 9.89. The molecule has 0 fully saturated rings. The number of carbonyl (C=O) groups excluding carboxylic acids is 2. The number of rotatable bonds is 7. The van der Waals surface area contributed by atoms with Crippen LogP contribution in [-0.4, -0.2) is 25.5 Å². The maximum atomic E-state index is 12.4. The number of nitrogens with one attached hydrogen (secondary N) is 2. The fraction of sp³-hybridized carbons (Fsp3) is 0.417. The molecule has 2 aromatic carbocycles. The Hall–Kier alpha value is -2.82. The van der Waals surface area contributed by atoms with Gasteiger partial charge in [0, 0.05) is 6.54 Å². The molecule has 0 spiro atoms. The van der Waals surface area contributed by atoms with Crippen molar-refractivity contribution in [3.05, 3.63) is 64.7 Å². The molecule has 2 aromatic rings. The Labute approximate surface area is 172 Å². The Morgan fingerprint density at radius 2 is 1.72 bits per heavy atom. The van der Waals surface area contributed by atoms with Crippen LogP contribution in [0.25, 0.3) is 0 Å². The van der Waals surface area contributed by atoms with Crippen LogP contribution in [0.5, 0.6) is 5.75 Å². The molecule has 5 nitrogen and oxygen atoms in total. The molecule has 2 amide bonds. The van der Waals surface area contributed by atoms with Crippen LogP contribution in [-0.2, 0) is 28.9 Å². The van der Waals surface area contributed by atoms with Crippen molar-refractivity contribution in [2.75, 3.05) is 13.7 Å². The second-order valence-corrected chi connectivity index (χ2v) is 7.52. The zero-order valence-corrected chi connectivity index (χ0v) is 17.3. The van der Waals surface area contributed by atoms with Gasteiger partial charge < -0.3 is 15.4 Å². The van der Waals surface area contributed by atoms with Gasteiger partial charge in [-0.2, -0.15) is 0 Å². The van der Waals surface area contributed by atoms with Gasteiger partial charge in [-0.25, -0.2) is 0 Å². The van der Waals surface area contributed by atoms with Gasteiger partial charge in [0.1, 0.15) is 5.75 Å². The predicted octanol–water partition coefficient (Wildman–Crippen LogP) is 3.50. The number of aryl methyl sites for hydroxylation is 2. The van der Waals surface area contributed by atoms with Gasteiger partial charge in [-0.3, -0.25) is 9.59 Å². The van der Waals surface area contributed by atoms with E-state index in [0.717, 1.165) is 36.1 Å². The van der Waals surface area contributed by atoms with Gasteiger partial charge in [0.15, 0.2) is 0 Å². The molecule has 2 N–H and O–H groups in total. The van der Waals surface area contributed by atoms with Crippen LogP contribution in [0.1, 0.15) is 54.5 Å². The van der Waals surface area contributed by atoms with Crippen molar-refractivity contribution >= 4 is 11.8 Å². The van der Waals surface area contributed by atoms with Gasteiger partial charge in [-0.1, -0.05) is 37.3 Å². The van der Waals surface area contributed by atoms with Crippen LogP contribution in [0, 0.1) is 0 Å². The van der Waals surface area contributed by atoms with Gasteiger partial charge in [-0.15, -0.1) is 0 Å². The fourth-order valence-electron chi connectivity index (χ4n) is 3.81. The van der Waals surface area contributed by atoms with Crippen molar-refractivity contribution in [1.29, 1.82) is 0 Å². The van der Waals surface area contributed by atoms with Crippen LogP contribution >= 0.6 is 0 Å². The largest absolute Gasteiger partial charge is 0.497 e. The van der Waals surface area contributed by atoms with Gasteiger partial charge in [0.25, 0.3) is 0 Å². The highest BCUT2D eigenvalue weighted by Crippen LogP contribution is 2.26. The number of ether oxygens (including phenoxy) is 1. The van der Waals surface area contributed by atoms with Gasteiger partial charge in [-0.05, 0) is 72.9 Å². The van der Waals surface area contributed by atoms with E-state index >= 15 is 0 Å². The molecule has 3 rings (SSSR count). The lowest BCUT2D eigenvalue weighted by Crippen LogP contribution is -2.42. The SMILES string of the molecule is CCC(NC(=O)C(=O)NCCc1ccc(OC)cc1)c1ccc2c(c1)CCCC2. The van der Waals surface area contributed by atoms with Crippen LogP contribution in [0.2, 0.25) is 0 Å². The van der Waals surface area contributed by atoms with Crippen LogP contribution in [0.4, 0.5) is 0 Å². The molecule has 0 bridgehead atoms. The Morgan fingerprint density at radius 3 is 2.41 bits per heavy atom. The van der Waals surface area contributed by atoms with E-state index in [1.165, 1.54) is 24.0 Å². The highest BCUT2D eigenvalue weighted by molar-refractivity contribution is 6.35. The molecular weight excluding hydrogens is 364 g/mol. The van der Waals surface area contributed by atoms with E-state index in [1.54, 1.807) is 7.11 Å². The van der Waals surface area contributed by atoms with Crippen molar-refractivity contribution in [3.8, 4) is 5.75 Å². The second-order valence-electron chi connectivity index (χ2n) is 7.52. The van der Waals surface area contributed by atoms with Crippen molar-refractivity contribution in [1.82, 2.24) is 10.6 Å². The summed E-state index contributed by atoms with van der Waals surface area (Å²) in [6.07, 6.45) is 6.09. The van der Waals surface area contributed by atoms with E-state index in [2.05, 4.69) is 28.8 Å². The fourth-order valence-corrected chi connectivity index (χ4v) is 3.81. The summed E-state index contributed by atoms with van der Waals surface area (Å²) in [5.74, 6) is -0.371. The van der Waals surface area contributed by atoms with Crippen LogP contribution in [0.3, 0.4) is 0 Å². The minimum Gasteiger partial charge on any atom is -0.497 e. The van der Waals surface area contributed by atoms with E-state index in [4.69, 9.17) is 4.74 Å². The van der Waals surface area contributed by atoms with Crippen molar-refractivity contribution in [2.24, 2.45) is 0 Å². The summed E-state index contributed by atoms with van der Waals surface area (Å²) in [6, 6.07) is 14.0. The van der Waals surface area contributed by atoms with E-state index < -0.39 is 11.8 Å². The average Bonchev–Trinajstić information content (AvgIpc) is 2.77. The summed E-state index contributed by atoms with van der Waals surface area (Å²) in [5, 5.41) is 5.59. The Balaban J connectivity index is 1.51. The number of fused-ring (bicyclic) bond motifs is 1. The molecule has 0 saturated heterocycles. The monoisotopic (exact) mass is 394 g/mol. The summed E-state index contributed by atoms with van der Waals surface area (Å²) < 4.78 is 5.14. The first-order valence-electron chi connectivity index (χ1n) is 10.4. The molecular formula is C24H30N2O3. The van der Waals surface area contributed by atoms with Gasteiger partial charge >= 0.3 is 11.8 Å². The van der Waals surface area contributed by atoms with Gasteiger partial charge in [0.05, 0.1) is 13.2 Å². The Kier molecular flexibility index (Phi) is 7.28. The van der Waals surface area contributed by atoms with E-state index in [0.29, 0.717) is 13.0 Å². The van der Waals surface area contributed by atoms with Crippen molar-refractivity contribution in [2.45, 2.75) is 51.5 Å². The number of hydrogen-bond acceptors (Lipinski definition) is 3. The minimum atomic E-state index is -0.588. The standard InChI is InChI=1S/C24H30N2O3/c1-3-22(20-11-10-18-6-4-5-7-19(18)16-20)26-24(28)23(27)25-15-14-17-8-12-21(29-2)13-9-17/h8-13,16,22H,3-7,14-15H2,1-2H3,(H,25,27)(H,26,28). The minimum absolute atomic E-state index is 0.151. The molecule has 1 unspecified atom stereocenters. The second kappa shape index (κ2) is 10.1. The highest BCUT2D eigenvalue weighted by Gasteiger charge is 2.20. The maximum Gasteiger partial charge on any atom is 0.309 e. The maximum absolute atomic E-state index is 12.4. The summed E-state index contributed by atoms with van der Waals surface area (Å²) >= 11 is 0.